The van der Waals surface area contributed by atoms with Gasteiger partial charge in [-0.15, -0.1) is 0 Å². The number of carbonyl (C=O) groups excluding carboxylic acids is 1. The lowest BCUT2D eigenvalue weighted by Gasteiger charge is -2.17. The van der Waals surface area contributed by atoms with Gasteiger partial charge in [0.2, 0.25) is 5.91 Å². The second-order valence-corrected chi connectivity index (χ2v) is 5.58. The van der Waals surface area contributed by atoms with Crippen molar-refractivity contribution in [3.8, 4) is 0 Å². The lowest BCUT2D eigenvalue weighted by molar-refractivity contribution is -0.120. The molecule has 2 aromatic carbocycles. The first-order valence-electron chi connectivity index (χ1n) is 7.10. The SMILES string of the molecule is CC(C)CC(CN)C(=O)Nc1cccc2ccccc12. The fraction of sp³-hybridized carbons (Fsp3) is 0.353. The van der Waals surface area contributed by atoms with Crippen LogP contribution in [0, 0.1) is 11.8 Å². The molecule has 3 N–H and O–H groups in total. The highest BCUT2D eigenvalue weighted by molar-refractivity contribution is 6.02. The molecule has 1 amide bonds. The molecule has 0 aliphatic heterocycles. The van der Waals surface area contributed by atoms with Gasteiger partial charge in [-0.25, -0.2) is 0 Å². The highest BCUT2D eigenvalue weighted by atomic mass is 16.1. The number of benzene rings is 2. The fourth-order valence-corrected chi connectivity index (χ4v) is 2.45. The summed E-state index contributed by atoms with van der Waals surface area (Å²) >= 11 is 0. The van der Waals surface area contributed by atoms with Gasteiger partial charge < -0.3 is 11.1 Å². The topological polar surface area (TPSA) is 55.1 Å². The Morgan fingerprint density at radius 1 is 1.15 bits per heavy atom. The number of nitrogens with one attached hydrogen (secondary N) is 1. The lowest BCUT2D eigenvalue weighted by Crippen LogP contribution is -2.30. The Bertz CT molecular complexity index is 587. The minimum absolute atomic E-state index is 0.0116. The van der Waals surface area contributed by atoms with Crippen LogP contribution in [0.25, 0.3) is 10.8 Å². The van der Waals surface area contributed by atoms with Gasteiger partial charge in [0.25, 0.3) is 0 Å². The molecule has 0 saturated carbocycles. The van der Waals surface area contributed by atoms with E-state index in [4.69, 9.17) is 5.73 Å². The Morgan fingerprint density at radius 3 is 2.55 bits per heavy atom. The molecule has 3 heteroatoms. The Labute approximate surface area is 120 Å². The third-order valence-corrected chi connectivity index (χ3v) is 3.46. The first kappa shape index (κ1) is 14.5. The number of rotatable bonds is 5. The van der Waals surface area contributed by atoms with Gasteiger partial charge in [-0.2, -0.15) is 0 Å². The maximum Gasteiger partial charge on any atom is 0.228 e. The van der Waals surface area contributed by atoms with Crippen LogP contribution in [0.15, 0.2) is 42.5 Å². The molecule has 20 heavy (non-hydrogen) atoms. The van der Waals surface area contributed by atoms with Crippen molar-refractivity contribution in [1.82, 2.24) is 0 Å². The maximum absolute atomic E-state index is 12.3. The van der Waals surface area contributed by atoms with Crippen molar-refractivity contribution in [1.29, 1.82) is 0 Å². The summed E-state index contributed by atoms with van der Waals surface area (Å²) in [4.78, 5) is 12.3. The zero-order valence-electron chi connectivity index (χ0n) is 12.1. The van der Waals surface area contributed by atoms with Gasteiger partial charge in [0.1, 0.15) is 0 Å². The summed E-state index contributed by atoms with van der Waals surface area (Å²) < 4.78 is 0. The van der Waals surface area contributed by atoms with Crippen LogP contribution in [0.4, 0.5) is 5.69 Å². The van der Waals surface area contributed by atoms with Crippen LogP contribution < -0.4 is 11.1 Å². The summed E-state index contributed by atoms with van der Waals surface area (Å²) in [6.45, 7) is 4.59. The number of nitrogens with two attached hydrogens (primary N) is 1. The summed E-state index contributed by atoms with van der Waals surface area (Å²) in [5.41, 5.74) is 6.58. The molecule has 1 unspecified atom stereocenters. The molecule has 2 rings (SSSR count). The molecule has 0 aliphatic rings. The molecule has 0 heterocycles. The van der Waals surface area contributed by atoms with Crippen molar-refractivity contribution in [2.24, 2.45) is 17.6 Å². The molecule has 0 bridgehead atoms. The normalized spacial score (nSPS) is 12.6. The second-order valence-electron chi connectivity index (χ2n) is 5.58. The number of anilines is 1. The van der Waals surface area contributed by atoms with Crippen molar-refractivity contribution in [2.45, 2.75) is 20.3 Å². The predicted molar refractivity (Wildman–Crippen MR) is 84.6 cm³/mol. The van der Waals surface area contributed by atoms with Crippen LogP contribution in [0.2, 0.25) is 0 Å². The van der Waals surface area contributed by atoms with E-state index in [1.54, 1.807) is 0 Å². The second kappa shape index (κ2) is 6.53. The Balaban J connectivity index is 2.21. The van der Waals surface area contributed by atoms with Gasteiger partial charge in [0, 0.05) is 17.6 Å². The first-order valence-corrected chi connectivity index (χ1v) is 7.10. The molecule has 0 spiro atoms. The smallest absolute Gasteiger partial charge is 0.228 e. The molecule has 3 nitrogen and oxygen atoms in total. The third-order valence-electron chi connectivity index (χ3n) is 3.46. The van der Waals surface area contributed by atoms with Crippen LogP contribution in [-0.4, -0.2) is 12.5 Å². The van der Waals surface area contributed by atoms with E-state index in [1.165, 1.54) is 0 Å². The Morgan fingerprint density at radius 2 is 1.85 bits per heavy atom. The van der Waals surface area contributed by atoms with Gasteiger partial charge in [0.05, 0.1) is 5.92 Å². The molecule has 0 saturated heterocycles. The van der Waals surface area contributed by atoms with E-state index in [0.717, 1.165) is 22.9 Å². The van der Waals surface area contributed by atoms with Gasteiger partial charge >= 0.3 is 0 Å². The molecular weight excluding hydrogens is 248 g/mol. The van der Waals surface area contributed by atoms with E-state index in [9.17, 15) is 4.79 Å². The minimum Gasteiger partial charge on any atom is -0.330 e. The van der Waals surface area contributed by atoms with E-state index in [-0.39, 0.29) is 11.8 Å². The number of fused-ring (bicyclic) bond motifs is 1. The van der Waals surface area contributed by atoms with E-state index < -0.39 is 0 Å². The lowest BCUT2D eigenvalue weighted by atomic mass is 9.96. The Hall–Kier alpha value is -1.87. The number of hydrogen-bond donors (Lipinski definition) is 2. The molecule has 2 aromatic rings. The average molecular weight is 270 g/mol. The standard InChI is InChI=1S/C17H22N2O/c1-12(2)10-14(11-18)17(20)19-16-9-5-7-13-6-3-4-8-15(13)16/h3-9,12,14H,10-11,18H2,1-2H3,(H,19,20). The van der Waals surface area contributed by atoms with Crippen LogP contribution in [0.5, 0.6) is 0 Å². The van der Waals surface area contributed by atoms with Crippen LogP contribution >= 0.6 is 0 Å². The van der Waals surface area contributed by atoms with E-state index in [1.807, 2.05) is 42.5 Å². The zero-order chi connectivity index (χ0) is 14.5. The van der Waals surface area contributed by atoms with E-state index in [0.29, 0.717) is 12.5 Å². The van der Waals surface area contributed by atoms with Gasteiger partial charge in [-0.1, -0.05) is 50.2 Å². The number of hydrogen-bond acceptors (Lipinski definition) is 2. The summed E-state index contributed by atoms with van der Waals surface area (Å²) in [6, 6.07) is 14.0. The predicted octanol–water partition coefficient (Wildman–Crippen LogP) is 3.40. The summed E-state index contributed by atoms with van der Waals surface area (Å²) in [5, 5.41) is 5.20. The highest BCUT2D eigenvalue weighted by Crippen LogP contribution is 2.24. The molecular formula is C17H22N2O. The quantitative estimate of drug-likeness (QED) is 0.875. The van der Waals surface area contributed by atoms with Crippen molar-refractivity contribution in [3.05, 3.63) is 42.5 Å². The number of amides is 1. The number of carbonyl (C=O) groups is 1. The molecule has 0 aromatic heterocycles. The van der Waals surface area contributed by atoms with Gasteiger partial charge in [0.15, 0.2) is 0 Å². The summed E-state index contributed by atoms with van der Waals surface area (Å²) in [7, 11) is 0. The average Bonchev–Trinajstić information content (AvgIpc) is 2.45. The minimum atomic E-state index is -0.131. The first-order chi connectivity index (χ1) is 9.61. The van der Waals surface area contributed by atoms with Gasteiger partial charge in [-0.05, 0) is 23.8 Å². The van der Waals surface area contributed by atoms with Crippen molar-refractivity contribution in [3.63, 3.8) is 0 Å². The third kappa shape index (κ3) is 3.36. The zero-order valence-corrected chi connectivity index (χ0v) is 12.1. The Kier molecular flexibility index (Phi) is 4.74. The fourth-order valence-electron chi connectivity index (χ4n) is 2.45. The van der Waals surface area contributed by atoms with Crippen LogP contribution in [-0.2, 0) is 4.79 Å². The van der Waals surface area contributed by atoms with E-state index >= 15 is 0 Å². The van der Waals surface area contributed by atoms with Crippen molar-refractivity contribution < 1.29 is 4.79 Å². The molecule has 0 radical (unpaired) electrons. The summed E-state index contributed by atoms with van der Waals surface area (Å²) in [6.07, 6.45) is 0.813. The maximum atomic E-state index is 12.3. The molecule has 1 atom stereocenters. The van der Waals surface area contributed by atoms with Crippen LogP contribution in [0.3, 0.4) is 0 Å². The summed E-state index contributed by atoms with van der Waals surface area (Å²) in [5.74, 6) is 0.341. The highest BCUT2D eigenvalue weighted by Gasteiger charge is 2.18. The monoisotopic (exact) mass is 270 g/mol. The van der Waals surface area contributed by atoms with Crippen molar-refractivity contribution in [2.75, 3.05) is 11.9 Å². The molecule has 106 valence electrons. The van der Waals surface area contributed by atoms with Gasteiger partial charge in [-0.3, -0.25) is 4.79 Å². The molecule has 0 aliphatic carbocycles. The molecule has 0 fully saturated rings. The van der Waals surface area contributed by atoms with Crippen molar-refractivity contribution >= 4 is 22.4 Å². The largest absolute Gasteiger partial charge is 0.330 e. The van der Waals surface area contributed by atoms with Crippen LogP contribution in [0.1, 0.15) is 20.3 Å². The van der Waals surface area contributed by atoms with E-state index in [2.05, 4.69) is 19.2 Å².